The molecule has 0 unspecified atom stereocenters. The van der Waals surface area contributed by atoms with Crippen LogP contribution in [-0.2, 0) is 6.42 Å². The van der Waals surface area contributed by atoms with Crippen LogP contribution >= 0.6 is 0 Å². The van der Waals surface area contributed by atoms with E-state index in [2.05, 4.69) is 84.3 Å². The summed E-state index contributed by atoms with van der Waals surface area (Å²) in [6.07, 6.45) is 2.80. The van der Waals surface area contributed by atoms with Gasteiger partial charge >= 0.3 is 0 Å². The Morgan fingerprint density at radius 2 is 1.18 bits per heavy atom. The van der Waals surface area contributed by atoms with E-state index >= 15 is 0 Å². The molecule has 0 aromatic heterocycles. The van der Waals surface area contributed by atoms with Crippen molar-refractivity contribution in [3.63, 3.8) is 0 Å². The lowest BCUT2D eigenvalue weighted by Crippen LogP contribution is -2.11. The first-order chi connectivity index (χ1) is 10.9. The zero-order chi connectivity index (χ0) is 15.2. The van der Waals surface area contributed by atoms with Gasteiger partial charge in [0, 0.05) is 17.1 Å². The van der Waals surface area contributed by atoms with Gasteiger partial charge < -0.3 is 4.90 Å². The van der Waals surface area contributed by atoms with Crippen molar-refractivity contribution in [3.05, 3.63) is 103 Å². The Morgan fingerprint density at radius 1 is 0.682 bits per heavy atom. The molecule has 0 saturated heterocycles. The predicted octanol–water partition coefficient (Wildman–Crippen LogP) is 5.88. The Balaban J connectivity index is 2.17. The molecule has 0 radical (unpaired) electrons. The van der Waals surface area contributed by atoms with Gasteiger partial charge in [0.2, 0.25) is 0 Å². The van der Waals surface area contributed by atoms with Crippen LogP contribution in [0.25, 0.3) is 0 Å². The van der Waals surface area contributed by atoms with Crippen molar-refractivity contribution in [2.75, 3.05) is 4.90 Å². The number of para-hydroxylation sites is 3. The fraction of sp³-hybridized carbons (Fsp3) is 0.0476. The lowest BCUT2D eigenvalue weighted by molar-refractivity contribution is 1.20. The van der Waals surface area contributed by atoms with Crippen molar-refractivity contribution in [2.45, 2.75) is 6.42 Å². The topological polar surface area (TPSA) is 3.24 Å². The Labute approximate surface area is 132 Å². The molecule has 0 N–H and O–H groups in total. The maximum atomic E-state index is 3.88. The highest BCUT2D eigenvalue weighted by atomic mass is 15.1. The van der Waals surface area contributed by atoms with Crippen LogP contribution in [0.3, 0.4) is 0 Å². The number of rotatable bonds is 5. The maximum absolute atomic E-state index is 3.88. The molecule has 0 aliphatic heterocycles. The Kier molecular flexibility index (Phi) is 4.35. The minimum absolute atomic E-state index is 0.854. The van der Waals surface area contributed by atoms with E-state index in [-0.39, 0.29) is 0 Å². The second-order valence-corrected chi connectivity index (χ2v) is 5.13. The number of allylic oxidation sites excluding steroid dienone is 1. The molecule has 3 aromatic carbocycles. The van der Waals surface area contributed by atoms with Crippen LogP contribution in [0.1, 0.15) is 5.56 Å². The van der Waals surface area contributed by atoms with Gasteiger partial charge in [-0.3, -0.25) is 0 Å². The Hall–Kier alpha value is -2.80. The second kappa shape index (κ2) is 6.77. The maximum Gasteiger partial charge on any atom is 0.0496 e. The molecule has 3 rings (SSSR count). The van der Waals surface area contributed by atoms with Gasteiger partial charge in [0.1, 0.15) is 0 Å². The third kappa shape index (κ3) is 2.94. The van der Waals surface area contributed by atoms with Crippen molar-refractivity contribution in [1.82, 2.24) is 0 Å². The first kappa shape index (κ1) is 14.2. The molecule has 3 aromatic rings. The zero-order valence-electron chi connectivity index (χ0n) is 12.5. The molecule has 108 valence electrons. The standard InChI is InChI=1S/C21H19N/c1-2-11-18-12-9-10-17-21(18)22(19-13-5-3-6-14-19)20-15-7-4-8-16-20/h2-10,12-17H,1,11H2. The summed E-state index contributed by atoms with van der Waals surface area (Å²) in [5, 5.41) is 0. The van der Waals surface area contributed by atoms with Gasteiger partial charge in [-0.2, -0.15) is 0 Å². The summed E-state index contributed by atoms with van der Waals surface area (Å²) in [6, 6.07) is 29.4. The fourth-order valence-corrected chi connectivity index (χ4v) is 2.64. The van der Waals surface area contributed by atoms with E-state index in [1.807, 2.05) is 18.2 Å². The average Bonchev–Trinajstić information content (AvgIpc) is 2.59. The Bertz CT molecular complexity index is 693. The molecular weight excluding hydrogens is 266 g/mol. The molecule has 0 bridgehead atoms. The minimum atomic E-state index is 0.854. The second-order valence-electron chi connectivity index (χ2n) is 5.13. The van der Waals surface area contributed by atoms with Crippen LogP contribution in [0, 0.1) is 0 Å². The number of benzene rings is 3. The largest absolute Gasteiger partial charge is 0.310 e. The van der Waals surface area contributed by atoms with Gasteiger partial charge in [-0.15, -0.1) is 6.58 Å². The highest BCUT2D eigenvalue weighted by Gasteiger charge is 2.14. The summed E-state index contributed by atoms with van der Waals surface area (Å²) in [5.74, 6) is 0. The quantitative estimate of drug-likeness (QED) is 0.529. The highest BCUT2D eigenvalue weighted by Crippen LogP contribution is 2.36. The summed E-state index contributed by atoms with van der Waals surface area (Å²) in [7, 11) is 0. The number of anilines is 3. The van der Waals surface area contributed by atoms with E-state index in [1.165, 1.54) is 11.3 Å². The van der Waals surface area contributed by atoms with Gasteiger partial charge in [-0.1, -0.05) is 60.7 Å². The molecule has 0 heterocycles. The van der Waals surface area contributed by atoms with Crippen LogP contribution in [0.2, 0.25) is 0 Å². The van der Waals surface area contributed by atoms with Crippen molar-refractivity contribution >= 4 is 17.1 Å². The van der Waals surface area contributed by atoms with Crippen LogP contribution < -0.4 is 4.90 Å². The molecule has 0 atom stereocenters. The molecular formula is C21H19N. The zero-order valence-corrected chi connectivity index (χ0v) is 12.5. The summed E-state index contributed by atoms with van der Waals surface area (Å²) < 4.78 is 0. The minimum Gasteiger partial charge on any atom is -0.310 e. The van der Waals surface area contributed by atoms with Gasteiger partial charge in [0.25, 0.3) is 0 Å². The highest BCUT2D eigenvalue weighted by molar-refractivity contribution is 5.78. The van der Waals surface area contributed by atoms with E-state index in [0.717, 1.165) is 17.8 Å². The van der Waals surface area contributed by atoms with E-state index < -0.39 is 0 Å². The van der Waals surface area contributed by atoms with E-state index in [4.69, 9.17) is 0 Å². The number of hydrogen-bond acceptors (Lipinski definition) is 1. The van der Waals surface area contributed by atoms with Gasteiger partial charge in [-0.05, 0) is 42.3 Å². The molecule has 1 heteroatoms. The Morgan fingerprint density at radius 3 is 1.73 bits per heavy atom. The number of hydrogen-bond donors (Lipinski definition) is 0. The number of nitrogens with zero attached hydrogens (tertiary/aromatic N) is 1. The van der Waals surface area contributed by atoms with E-state index in [9.17, 15) is 0 Å². The third-order valence-electron chi connectivity index (χ3n) is 3.63. The summed E-state index contributed by atoms with van der Waals surface area (Å²) >= 11 is 0. The smallest absolute Gasteiger partial charge is 0.0496 e. The van der Waals surface area contributed by atoms with Crippen molar-refractivity contribution in [3.8, 4) is 0 Å². The van der Waals surface area contributed by atoms with Crippen LogP contribution in [0.4, 0.5) is 17.1 Å². The first-order valence-electron chi connectivity index (χ1n) is 7.49. The SMILES string of the molecule is C=CCc1ccccc1N(c1ccccc1)c1ccccc1. The average molecular weight is 285 g/mol. The van der Waals surface area contributed by atoms with Crippen molar-refractivity contribution in [2.24, 2.45) is 0 Å². The van der Waals surface area contributed by atoms with Crippen LogP contribution in [0.15, 0.2) is 97.6 Å². The fourth-order valence-electron chi connectivity index (χ4n) is 2.64. The summed E-state index contributed by atoms with van der Waals surface area (Å²) in [6.45, 7) is 3.88. The lowest BCUT2D eigenvalue weighted by atomic mass is 10.1. The molecule has 1 nitrogen and oxygen atoms in total. The first-order valence-corrected chi connectivity index (χ1v) is 7.49. The normalized spacial score (nSPS) is 10.2. The molecule has 0 saturated carbocycles. The van der Waals surface area contributed by atoms with Gasteiger partial charge in [-0.25, -0.2) is 0 Å². The third-order valence-corrected chi connectivity index (χ3v) is 3.63. The molecule has 22 heavy (non-hydrogen) atoms. The van der Waals surface area contributed by atoms with Crippen molar-refractivity contribution < 1.29 is 0 Å². The van der Waals surface area contributed by atoms with Gasteiger partial charge in [0.15, 0.2) is 0 Å². The summed E-state index contributed by atoms with van der Waals surface area (Å²) in [4.78, 5) is 2.29. The lowest BCUT2D eigenvalue weighted by Gasteiger charge is -2.27. The van der Waals surface area contributed by atoms with Crippen LogP contribution in [-0.4, -0.2) is 0 Å². The van der Waals surface area contributed by atoms with E-state index in [1.54, 1.807) is 0 Å². The molecule has 0 fully saturated rings. The molecule has 0 amide bonds. The molecule has 0 spiro atoms. The van der Waals surface area contributed by atoms with Gasteiger partial charge in [0.05, 0.1) is 0 Å². The van der Waals surface area contributed by atoms with Crippen molar-refractivity contribution in [1.29, 1.82) is 0 Å². The predicted molar refractivity (Wildman–Crippen MR) is 95.0 cm³/mol. The monoisotopic (exact) mass is 285 g/mol. The molecule has 0 aliphatic carbocycles. The molecule has 0 aliphatic rings. The van der Waals surface area contributed by atoms with Crippen LogP contribution in [0.5, 0.6) is 0 Å². The summed E-state index contributed by atoms with van der Waals surface area (Å²) in [5.41, 5.74) is 4.78. The van der Waals surface area contributed by atoms with E-state index in [0.29, 0.717) is 0 Å².